The smallest absolute Gasteiger partial charge is 0.211 e. The van der Waals surface area contributed by atoms with Gasteiger partial charge < -0.3 is 5.32 Å². The maximum Gasteiger partial charge on any atom is 0.211 e. The average Bonchev–Trinajstić information content (AvgIpc) is 2.46. The Morgan fingerprint density at radius 2 is 2.05 bits per heavy atom. The van der Waals surface area contributed by atoms with Crippen LogP contribution in [-0.4, -0.2) is 48.6 Å². The van der Waals surface area contributed by atoms with Gasteiger partial charge in [0.15, 0.2) is 0 Å². The molecule has 2 aliphatic heterocycles. The lowest BCUT2D eigenvalue weighted by Gasteiger charge is -2.31. The number of nitrogens with zero attached hydrogens (tertiary/aromatic N) is 3. The molecule has 1 aromatic rings. The number of sulfonamides is 1. The molecule has 0 bridgehead atoms. The fourth-order valence-electron chi connectivity index (χ4n) is 3.11. The Balaban J connectivity index is 1.79. The molecule has 1 saturated heterocycles. The Labute approximate surface area is 119 Å². The zero-order valence-corrected chi connectivity index (χ0v) is 12.5. The highest BCUT2D eigenvalue weighted by Gasteiger charge is 2.29. The van der Waals surface area contributed by atoms with Crippen LogP contribution in [0.3, 0.4) is 0 Å². The second-order valence-corrected chi connectivity index (χ2v) is 7.53. The SMILES string of the molecule is CS(=O)(=O)N1CCC(c2ncnc3c2CNCC3)CC1. The van der Waals surface area contributed by atoms with Crippen LogP contribution >= 0.6 is 0 Å². The Bertz CT molecular complexity index is 594. The molecule has 0 aliphatic carbocycles. The zero-order chi connectivity index (χ0) is 14.2. The summed E-state index contributed by atoms with van der Waals surface area (Å²) in [6, 6.07) is 0. The van der Waals surface area contributed by atoms with E-state index in [9.17, 15) is 8.42 Å². The molecular weight excluding hydrogens is 276 g/mol. The van der Waals surface area contributed by atoms with Gasteiger partial charge in [0.2, 0.25) is 10.0 Å². The van der Waals surface area contributed by atoms with Crippen molar-refractivity contribution in [2.24, 2.45) is 0 Å². The molecule has 0 amide bonds. The quantitative estimate of drug-likeness (QED) is 0.847. The fourth-order valence-corrected chi connectivity index (χ4v) is 3.98. The van der Waals surface area contributed by atoms with Crippen LogP contribution in [0.15, 0.2) is 6.33 Å². The third-order valence-corrected chi connectivity index (χ3v) is 5.52. The van der Waals surface area contributed by atoms with Crippen molar-refractivity contribution in [1.82, 2.24) is 19.6 Å². The van der Waals surface area contributed by atoms with E-state index in [0.29, 0.717) is 19.0 Å². The highest BCUT2D eigenvalue weighted by molar-refractivity contribution is 7.88. The van der Waals surface area contributed by atoms with E-state index in [1.54, 1.807) is 10.6 Å². The summed E-state index contributed by atoms with van der Waals surface area (Å²) >= 11 is 0. The molecule has 0 spiro atoms. The van der Waals surface area contributed by atoms with E-state index >= 15 is 0 Å². The number of nitrogens with one attached hydrogen (secondary N) is 1. The van der Waals surface area contributed by atoms with Crippen LogP contribution in [0.4, 0.5) is 0 Å². The van der Waals surface area contributed by atoms with Crippen molar-refractivity contribution in [3.63, 3.8) is 0 Å². The summed E-state index contributed by atoms with van der Waals surface area (Å²) in [4.78, 5) is 8.86. The van der Waals surface area contributed by atoms with E-state index in [-0.39, 0.29) is 0 Å². The highest BCUT2D eigenvalue weighted by Crippen LogP contribution is 2.31. The lowest BCUT2D eigenvalue weighted by molar-refractivity contribution is 0.317. The molecule has 0 radical (unpaired) electrons. The molecule has 0 saturated carbocycles. The molecule has 110 valence electrons. The molecule has 2 aliphatic rings. The van der Waals surface area contributed by atoms with Crippen LogP contribution in [0.5, 0.6) is 0 Å². The van der Waals surface area contributed by atoms with E-state index in [4.69, 9.17) is 0 Å². The van der Waals surface area contributed by atoms with Gasteiger partial charge in [0.25, 0.3) is 0 Å². The Kier molecular flexibility index (Phi) is 3.74. The van der Waals surface area contributed by atoms with Crippen LogP contribution in [0, 0.1) is 0 Å². The predicted octanol–water partition coefficient (Wildman–Crippen LogP) is 0.261. The van der Waals surface area contributed by atoms with Crippen LogP contribution in [0.1, 0.15) is 35.7 Å². The lowest BCUT2D eigenvalue weighted by atomic mass is 9.89. The van der Waals surface area contributed by atoms with Crippen molar-refractivity contribution in [1.29, 1.82) is 0 Å². The summed E-state index contributed by atoms with van der Waals surface area (Å²) in [7, 11) is -3.06. The summed E-state index contributed by atoms with van der Waals surface area (Å²) in [5, 5.41) is 3.37. The van der Waals surface area contributed by atoms with E-state index in [2.05, 4.69) is 15.3 Å². The second kappa shape index (κ2) is 5.38. The first-order valence-corrected chi connectivity index (χ1v) is 8.89. The molecule has 1 fully saturated rings. The first-order chi connectivity index (χ1) is 9.55. The van der Waals surface area contributed by atoms with E-state index < -0.39 is 10.0 Å². The van der Waals surface area contributed by atoms with Gasteiger partial charge in [0.05, 0.1) is 11.9 Å². The van der Waals surface area contributed by atoms with Gasteiger partial charge in [-0.05, 0) is 12.8 Å². The summed E-state index contributed by atoms with van der Waals surface area (Å²) in [6.07, 6.45) is 5.58. The van der Waals surface area contributed by atoms with Crippen molar-refractivity contribution in [3.05, 3.63) is 23.3 Å². The molecule has 3 rings (SSSR count). The number of rotatable bonds is 2. The van der Waals surface area contributed by atoms with Crippen LogP contribution < -0.4 is 5.32 Å². The standard InChI is InChI=1S/C13H20N4O2S/c1-20(18,19)17-6-3-10(4-7-17)13-11-8-14-5-2-12(11)15-9-16-13/h9-10,14H,2-8H2,1H3. The Hall–Kier alpha value is -1.05. The number of aromatic nitrogens is 2. The van der Waals surface area contributed by atoms with Crippen molar-refractivity contribution in [2.75, 3.05) is 25.9 Å². The molecule has 3 heterocycles. The number of piperidine rings is 1. The van der Waals surface area contributed by atoms with E-state index in [0.717, 1.165) is 43.7 Å². The minimum atomic E-state index is -3.06. The molecule has 6 nitrogen and oxygen atoms in total. The molecule has 0 atom stereocenters. The topological polar surface area (TPSA) is 75.2 Å². The Morgan fingerprint density at radius 3 is 2.75 bits per heavy atom. The first-order valence-electron chi connectivity index (χ1n) is 7.04. The predicted molar refractivity (Wildman–Crippen MR) is 75.8 cm³/mol. The maximum atomic E-state index is 11.6. The van der Waals surface area contributed by atoms with Crippen molar-refractivity contribution in [3.8, 4) is 0 Å². The molecule has 1 aromatic heterocycles. The van der Waals surface area contributed by atoms with Gasteiger partial charge in [-0.15, -0.1) is 0 Å². The fraction of sp³-hybridized carbons (Fsp3) is 0.692. The molecular formula is C13H20N4O2S. The first kappa shape index (κ1) is 13.9. The molecule has 7 heteroatoms. The second-order valence-electron chi connectivity index (χ2n) is 5.55. The van der Waals surface area contributed by atoms with E-state index in [1.807, 2.05) is 0 Å². The van der Waals surface area contributed by atoms with Crippen molar-refractivity contribution in [2.45, 2.75) is 31.7 Å². The largest absolute Gasteiger partial charge is 0.312 e. The van der Waals surface area contributed by atoms with Crippen molar-refractivity contribution >= 4 is 10.0 Å². The van der Waals surface area contributed by atoms with Crippen LogP contribution in [-0.2, 0) is 23.0 Å². The van der Waals surface area contributed by atoms with Gasteiger partial charge in [-0.25, -0.2) is 22.7 Å². The zero-order valence-electron chi connectivity index (χ0n) is 11.7. The number of hydrogen-bond donors (Lipinski definition) is 1. The summed E-state index contributed by atoms with van der Waals surface area (Å²) in [5.74, 6) is 0.352. The lowest BCUT2D eigenvalue weighted by Crippen LogP contribution is -2.38. The molecule has 0 unspecified atom stereocenters. The minimum Gasteiger partial charge on any atom is -0.312 e. The van der Waals surface area contributed by atoms with Gasteiger partial charge in [-0.3, -0.25) is 0 Å². The van der Waals surface area contributed by atoms with Gasteiger partial charge in [-0.2, -0.15) is 0 Å². The normalized spacial score (nSPS) is 21.6. The van der Waals surface area contributed by atoms with Gasteiger partial charge in [-0.1, -0.05) is 0 Å². The minimum absolute atomic E-state index is 0.352. The summed E-state index contributed by atoms with van der Waals surface area (Å²) in [6.45, 7) is 2.99. The average molecular weight is 296 g/mol. The highest BCUT2D eigenvalue weighted by atomic mass is 32.2. The Morgan fingerprint density at radius 1 is 1.30 bits per heavy atom. The number of hydrogen-bond acceptors (Lipinski definition) is 5. The molecule has 0 aromatic carbocycles. The van der Waals surface area contributed by atoms with Gasteiger partial charge >= 0.3 is 0 Å². The van der Waals surface area contributed by atoms with Crippen molar-refractivity contribution < 1.29 is 8.42 Å². The molecule has 20 heavy (non-hydrogen) atoms. The number of fused-ring (bicyclic) bond motifs is 1. The third kappa shape index (κ3) is 2.70. The van der Waals surface area contributed by atoms with Crippen LogP contribution in [0.2, 0.25) is 0 Å². The third-order valence-electron chi connectivity index (χ3n) is 4.22. The van der Waals surface area contributed by atoms with Gasteiger partial charge in [0, 0.05) is 49.8 Å². The monoisotopic (exact) mass is 296 g/mol. The van der Waals surface area contributed by atoms with Gasteiger partial charge in [0.1, 0.15) is 6.33 Å². The summed E-state index contributed by atoms with van der Waals surface area (Å²) in [5.41, 5.74) is 3.51. The van der Waals surface area contributed by atoms with E-state index in [1.165, 1.54) is 11.8 Å². The summed E-state index contributed by atoms with van der Waals surface area (Å²) < 4.78 is 24.7. The maximum absolute atomic E-state index is 11.6. The molecule has 1 N–H and O–H groups in total. The van der Waals surface area contributed by atoms with Crippen LogP contribution in [0.25, 0.3) is 0 Å².